The summed E-state index contributed by atoms with van der Waals surface area (Å²) in [5.41, 5.74) is -1.06. The molecule has 1 aromatic rings. The third-order valence-electron chi connectivity index (χ3n) is 2.94. The highest BCUT2D eigenvalue weighted by atomic mass is 19.4. The Morgan fingerprint density at radius 2 is 1.62 bits per heavy atom. The van der Waals surface area contributed by atoms with Gasteiger partial charge in [0.25, 0.3) is 0 Å². The van der Waals surface area contributed by atoms with Crippen molar-refractivity contribution in [1.82, 2.24) is 4.90 Å². The molecule has 1 aromatic carbocycles. The minimum atomic E-state index is -4.59. The van der Waals surface area contributed by atoms with Gasteiger partial charge >= 0.3 is 18.1 Å². The summed E-state index contributed by atoms with van der Waals surface area (Å²) in [4.78, 5) is 22.5. The topological polar surface area (TPSA) is 77.8 Å². The molecule has 0 heterocycles. The van der Waals surface area contributed by atoms with E-state index in [0.717, 1.165) is 11.0 Å². The van der Waals surface area contributed by atoms with E-state index in [0.29, 0.717) is 0 Å². The number of rotatable bonds is 6. The molecule has 8 heteroatoms. The lowest BCUT2D eigenvalue weighted by Crippen LogP contribution is -2.37. The molecule has 1 unspecified atom stereocenters. The van der Waals surface area contributed by atoms with Gasteiger partial charge in [0.1, 0.15) is 0 Å². The van der Waals surface area contributed by atoms with E-state index in [1.165, 1.54) is 25.1 Å². The van der Waals surface area contributed by atoms with Crippen LogP contribution < -0.4 is 0 Å². The van der Waals surface area contributed by atoms with Crippen LogP contribution in [0.4, 0.5) is 13.2 Å². The average Bonchev–Trinajstić information content (AvgIpc) is 2.35. The molecule has 0 aromatic heterocycles. The van der Waals surface area contributed by atoms with Gasteiger partial charge in [-0.05, 0) is 18.6 Å². The maximum atomic E-state index is 12.9. The quantitative estimate of drug-likeness (QED) is 0.843. The van der Waals surface area contributed by atoms with Crippen LogP contribution in [0, 0.1) is 0 Å². The second kappa shape index (κ2) is 6.57. The van der Waals surface area contributed by atoms with E-state index in [1.54, 1.807) is 0 Å². The lowest BCUT2D eigenvalue weighted by Gasteiger charge is -2.28. The Morgan fingerprint density at radius 3 is 2.05 bits per heavy atom. The Kier molecular flexibility index (Phi) is 5.31. The predicted molar refractivity (Wildman–Crippen MR) is 66.7 cm³/mol. The van der Waals surface area contributed by atoms with E-state index in [-0.39, 0.29) is 5.56 Å². The van der Waals surface area contributed by atoms with E-state index in [9.17, 15) is 22.8 Å². The summed E-state index contributed by atoms with van der Waals surface area (Å²) in [7, 11) is 0. The van der Waals surface area contributed by atoms with Crippen molar-refractivity contribution in [2.24, 2.45) is 0 Å². The molecule has 0 spiro atoms. The van der Waals surface area contributed by atoms with Gasteiger partial charge < -0.3 is 10.2 Å². The van der Waals surface area contributed by atoms with Crippen molar-refractivity contribution in [3.63, 3.8) is 0 Å². The van der Waals surface area contributed by atoms with Crippen molar-refractivity contribution in [2.75, 3.05) is 13.1 Å². The van der Waals surface area contributed by atoms with Crippen LogP contribution in [-0.4, -0.2) is 40.1 Å². The fraction of sp³-hybridized carbons (Fsp3) is 0.385. The molecular formula is C13H14F3NO4. The number of carbonyl (C=O) groups is 2. The molecule has 0 aliphatic carbocycles. The molecule has 21 heavy (non-hydrogen) atoms. The maximum Gasteiger partial charge on any atom is 0.416 e. The van der Waals surface area contributed by atoms with Gasteiger partial charge in [0.2, 0.25) is 0 Å². The van der Waals surface area contributed by atoms with Crippen molar-refractivity contribution in [3.05, 3.63) is 35.4 Å². The Balaban J connectivity index is 3.17. The van der Waals surface area contributed by atoms with E-state index >= 15 is 0 Å². The summed E-state index contributed by atoms with van der Waals surface area (Å²) in [6.07, 6.45) is -4.59. The summed E-state index contributed by atoms with van der Waals surface area (Å²) in [5, 5.41) is 17.5. The smallest absolute Gasteiger partial charge is 0.416 e. The molecule has 2 N–H and O–H groups in total. The first-order valence-corrected chi connectivity index (χ1v) is 5.96. The maximum absolute atomic E-state index is 12.9. The summed E-state index contributed by atoms with van der Waals surface area (Å²) < 4.78 is 38.8. The first-order chi connectivity index (χ1) is 9.62. The number of aliphatic carboxylic acids is 2. The number of nitrogens with zero attached hydrogens (tertiary/aromatic N) is 1. The minimum absolute atomic E-state index is 0.160. The highest BCUT2D eigenvalue weighted by Crippen LogP contribution is 2.35. The van der Waals surface area contributed by atoms with Crippen molar-refractivity contribution < 1.29 is 33.0 Å². The first-order valence-electron chi connectivity index (χ1n) is 5.96. The number of hydrogen-bond donors (Lipinski definition) is 2. The molecule has 0 saturated carbocycles. The zero-order valence-electron chi connectivity index (χ0n) is 11.1. The number of halogens is 3. The highest BCUT2D eigenvalue weighted by molar-refractivity contribution is 5.72. The van der Waals surface area contributed by atoms with Gasteiger partial charge in [0, 0.05) is 6.04 Å². The van der Waals surface area contributed by atoms with Crippen LogP contribution in [-0.2, 0) is 15.8 Å². The Hall–Kier alpha value is -2.09. The number of carboxylic acid groups (broad SMARTS) is 2. The standard InChI is InChI=1S/C13H14F3NO4/c1-8(17(6-11(18)19)7-12(20)21)9-4-2-3-5-10(9)13(14,15)16/h2-5,8H,6-7H2,1H3,(H,18,19)(H,20,21). The first kappa shape index (κ1) is 17.0. The molecule has 0 aliphatic rings. The van der Waals surface area contributed by atoms with Gasteiger partial charge in [-0.15, -0.1) is 0 Å². The molecule has 0 fully saturated rings. The third kappa shape index (κ3) is 4.75. The van der Waals surface area contributed by atoms with Crippen LogP contribution in [0.5, 0.6) is 0 Å². The minimum Gasteiger partial charge on any atom is -0.480 e. The summed E-state index contributed by atoms with van der Waals surface area (Å²) >= 11 is 0. The van der Waals surface area contributed by atoms with Gasteiger partial charge in [0.05, 0.1) is 18.7 Å². The lowest BCUT2D eigenvalue weighted by molar-refractivity contribution is -0.143. The van der Waals surface area contributed by atoms with Crippen LogP contribution in [0.2, 0.25) is 0 Å². The van der Waals surface area contributed by atoms with E-state index < -0.39 is 42.8 Å². The van der Waals surface area contributed by atoms with Gasteiger partial charge in [-0.25, -0.2) is 0 Å². The zero-order valence-corrected chi connectivity index (χ0v) is 11.1. The normalized spacial score (nSPS) is 13.2. The van der Waals surface area contributed by atoms with Gasteiger partial charge in [-0.3, -0.25) is 14.5 Å². The molecular weight excluding hydrogens is 291 g/mol. The average molecular weight is 305 g/mol. The fourth-order valence-corrected chi connectivity index (χ4v) is 1.99. The number of benzene rings is 1. The van der Waals surface area contributed by atoms with Crippen LogP contribution in [0.25, 0.3) is 0 Å². The SMILES string of the molecule is CC(c1ccccc1C(F)(F)F)N(CC(=O)O)CC(=O)O. The predicted octanol–water partition coefficient (Wildman–Crippen LogP) is 2.24. The number of alkyl halides is 3. The van der Waals surface area contributed by atoms with Crippen molar-refractivity contribution in [1.29, 1.82) is 0 Å². The largest absolute Gasteiger partial charge is 0.480 e. The van der Waals surface area contributed by atoms with E-state index in [2.05, 4.69) is 0 Å². The van der Waals surface area contributed by atoms with Crippen LogP contribution in [0.15, 0.2) is 24.3 Å². The molecule has 0 bridgehead atoms. The number of hydrogen-bond acceptors (Lipinski definition) is 3. The fourth-order valence-electron chi connectivity index (χ4n) is 1.99. The Morgan fingerprint density at radius 1 is 1.14 bits per heavy atom. The van der Waals surface area contributed by atoms with E-state index in [4.69, 9.17) is 10.2 Å². The molecule has 0 saturated heterocycles. The molecule has 0 amide bonds. The number of carboxylic acids is 2. The van der Waals surface area contributed by atoms with Crippen molar-refractivity contribution >= 4 is 11.9 Å². The Labute approximate surface area is 118 Å². The third-order valence-corrected chi connectivity index (χ3v) is 2.94. The summed E-state index contributed by atoms with van der Waals surface area (Å²) in [6.45, 7) is 0.00969. The van der Waals surface area contributed by atoms with Gasteiger partial charge in [-0.2, -0.15) is 13.2 Å². The molecule has 1 atom stereocenters. The Bertz CT molecular complexity index is 514. The van der Waals surface area contributed by atoms with Crippen LogP contribution in [0.1, 0.15) is 24.1 Å². The lowest BCUT2D eigenvalue weighted by atomic mass is 9.99. The summed E-state index contributed by atoms with van der Waals surface area (Å²) in [6, 6.07) is 3.70. The summed E-state index contributed by atoms with van der Waals surface area (Å²) in [5.74, 6) is -2.62. The molecule has 5 nitrogen and oxygen atoms in total. The van der Waals surface area contributed by atoms with Crippen LogP contribution >= 0.6 is 0 Å². The molecule has 0 aliphatic heterocycles. The van der Waals surface area contributed by atoms with Crippen molar-refractivity contribution in [2.45, 2.75) is 19.1 Å². The molecule has 116 valence electrons. The molecule has 1 rings (SSSR count). The second-order valence-corrected chi connectivity index (χ2v) is 4.45. The molecule has 0 radical (unpaired) electrons. The van der Waals surface area contributed by atoms with E-state index in [1.807, 2.05) is 0 Å². The zero-order chi connectivity index (χ0) is 16.2. The monoisotopic (exact) mass is 305 g/mol. The van der Waals surface area contributed by atoms with Crippen LogP contribution in [0.3, 0.4) is 0 Å². The van der Waals surface area contributed by atoms with Gasteiger partial charge in [0.15, 0.2) is 0 Å². The van der Waals surface area contributed by atoms with Crippen molar-refractivity contribution in [3.8, 4) is 0 Å². The van der Waals surface area contributed by atoms with Gasteiger partial charge in [-0.1, -0.05) is 18.2 Å². The highest BCUT2D eigenvalue weighted by Gasteiger charge is 2.35. The second-order valence-electron chi connectivity index (χ2n) is 4.45.